The minimum atomic E-state index is -3.68. The van der Waals surface area contributed by atoms with Gasteiger partial charge in [0.25, 0.3) is 0 Å². The van der Waals surface area contributed by atoms with Gasteiger partial charge < -0.3 is 4.74 Å². The zero-order valence-corrected chi connectivity index (χ0v) is 12.3. The molecule has 0 unspecified atom stereocenters. The first-order valence-electron chi connectivity index (χ1n) is 6.72. The van der Waals surface area contributed by atoms with Gasteiger partial charge in [0.2, 0.25) is 0 Å². The van der Waals surface area contributed by atoms with Crippen molar-refractivity contribution in [1.29, 1.82) is 0 Å². The van der Waals surface area contributed by atoms with Gasteiger partial charge in [0.05, 0.1) is 28.7 Å². The van der Waals surface area contributed by atoms with Crippen molar-refractivity contribution >= 4 is 15.6 Å². The van der Waals surface area contributed by atoms with Crippen LogP contribution in [0.4, 0.5) is 4.39 Å². The molecule has 1 aliphatic rings. The maximum Gasteiger partial charge on any atom is 0.179 e. The van der Waals surface area contributed by atoms with Crippen LogP contribution in [-0.4, -0.2) is 26.6 Å². The van der Waals surface area contributed by atoms with Crippen LogP contribution in [0, 0.1) is 11.7 Å². The van der Waals surface area contributed by atoms with Crippen molar-refractivity contribution in [3.8, 4) is 5.75 Å². The lowest BCUT2D eigenvalue weighted by molar-refractivity contribution is 0.0851. The predicted octanol–water partition coefficient (Wildman–Crippen LogP) is 2.49. The smallest absolute Gasteiger partial charge is 0.179 e. The first kappa shape index (κ1) is 14.7. The summed E-state index contributed by atoms with van der Waals surface area (Å²) in [6.45, 7) is 0.0241. The number of hydrogen-bond acceptors (Lipinski definition) is 4. The van der Waals surface area contributed by atoms with E-state index >= 15 is 0 Å². The number of ether oxygens (including phenoxy) is 1. The van der Waals surface area contributed by atoms with Crippen LogP contribution in [0.1, 0.15) is 10.4 Å². The largest absolute Gasteiger partial charge is 0.492 e. The molecule has 6 heteroatoms. The molecule has 0 radical (unpaired) electrons. The molecule has 114 valence electrons. The van der Waals surface area contributed by atoms with Gasteiger partial charge in [0.15, 0.2) is 15.6 Å². The number of para-hydroxylation sites is 1. The molecule has 0 saturated carbocycles. The van der Waals surface area contributed by atoms with E-state index in [1.807, 2.05) is 0 Å². The van der Waals surface area contributed by atoms with Gasteiger partial charge >= 0.3 is 0 Å². The second-order valence-corrected chi connectivity index (χ2v) is 7.14. The van der Waals surface area contributed by atoms with Crippen LogP contribution < -0.4 is 4.74 Å². The van der Waals surface area contributed by atoms with Crippen molar-refractivity contribution in [2.45, 2.75) is 4.90 Å². The molecule has 0 N–H and O–H groups in total. The van der Waals surface area contributed by atoms with Gasteiger partial charge in [-0.3, -0.25) is 4.79 Å². The molecule has 4 nitrogen and oxygen atoms in total. The number of hydrogen-bond donors (Lipinski definition) is 0. The van der Waals surface area contributed by atoms with E-state index in [9.17, 15) is 17.6 Å². The van der Waals surface area contributed by atoms with Crippen LogP contribution in [0.15, 0.2) is 53.4 Å². The summed E-state index contributed by atoms with van der Waals surface area (Å²) in [7, 11) is -3.68. The Bertz CT molecular complexity index is 812. The Morgan fingerprint density at radius 1 is 1.09 bits per heavy atom. The van der Waals surface area contributed by atoms with Gasteiger partial charge in [-0.1, -0.05) is 12.1 Å². The topological polar surface area (TPSA) is 60.4 Å². The molecule has 2 aromatic rings. The second-order valence-electron chi connectivity index (χ2n) is 5.10. The maximum absolute atomic E-state index is 12.9. The molecule has 2 aromatic carbocycles. The average Bonchev–Trinajstić information content (AvgIpc) is 2.51. The number of benzene rings is 2. The number of carbonyl (C=O) groups is 1. The van der Waals surface area contributed by atoms with E-state index in [2.05, 4.69) is 0 Å². The molecule has 1 atom stereocenters. The Kier molecular flexibility index (Phi) is 3.70. The Balaban J connectivity index is 1.85. The van der Waals surface area contributed by atoms with E-state index in [-0.39, 0.29) is 23.0 Å². The first-order valence-corrected chi connectivity index (χ1v) is 8.37. The quantitative estimate of drug-likeness (QED) is 0.815. The Morgan fingerprint density at radius 3 is 2.50 bits per heavy atom. The van der Waals surface area contributed by atoms with Gasteiger partial charge in [-0.2, -0.15) is 0 Å². The monoisotopic (exact) mass is 320 g/mol. The zero-order valence-electron chi connectivity index (χ0n) is 11.5. The van der Waals surface area contributed by atoms with Crippen LogP contribution >= 0.6 is 0 Å². The summed E-state index contributed by atoms with van der Waals surface area (Å²) in [6.07, 6.45) is 0. The van der Waals surface area contributed by atoms with Gasteiger partial charge in [-0.05, 0) is 36.4 Å². The van der Waals surface area contributed by atoms with Crippen LogP contribution in [0.3, 0.4) is 0 Å². The maximum atomic E-state index is 12.9. The van der Waals surface area contributed by atoms with Crippen LogP contribution in [0.5, 0.6) is 5.75 Å². The molecule has 0 spiro atoms. The Morgan fingerprint density at radius 2 is 1.77 bits per heavy atom. The van der Waals surface area contributed by atoms with Crippen molar-refractivity contribution in [3.05, 3.63) is 59.9 Å². The molecule has 0 fully saturated rings. The molecule has 3 rings (SSSR count). The molecule has 0 aromatic heterocycles. The van der Waals surface area contributed by atoms with Gasteiger partial charge in [-0.15, -0.1) is 0 Å². The van der Waals surface area contributed by atoms with E-state index in [4.69, 9.17) is 4.74 Å². The van der Waals surface area contributed by atoms with E-state index in [0.717, 1.165) is 12.1 Å². The van der Waals surface area contributed by atoms with Crippen molar-refractivity contribution in [2.75, 3.05) is 12.4 Å². The number of ketones is 1. The third-order valence-electron chi connectivity index (χ3n) is 3.56. The molecule has 0 bridgehead atoms. The highest BCUT2D eigenvalue weighted by Gasteiger charge is 2.33. The number of Topliss-reactive ketones (excluding diaryl/α,β-unsaturated/α-hetero) is 1. The summed E-state index contributed by atoms with van der Waals surface area (Å²) < 4.78 is 43.0. The summed E-state index contributed by atoms with van der Waals surface area (Å²) in [5.41, 5.74) is 0.396. The second kappa shape index (κ2) is 5.53. The van der Waals surface area contributed by atoms with Gasteiger partial charge in [0, 0.05) is 0 Å². The summed E-state index contributed by atoms with van der Waals surface area (Å²) in [6, 6.07) is 11.3. The minimum Gasteiger partial charge on any atom is -0.492 e. The summed E-state index contributed by atoms with van der Waals surface area (Å²) >= 11 is 0. The average molecular weight is 320 g/mol. The lowest BCUT2D eigenvalue weighted by Gasteiger charge is -2.23. The van der Waals surface area contributed by atoms with E-state index in [1.165, 1.54) is 12.1 Å². The normalized spacial score (nSPS) is 17.7. The summed E-state index contributed by atoms with van der Waals surface area (Å²) in [5.74, 6) is -1.39. The Hall–Kier alpha value is -2.21. The van der Waals surface area contributed by atoms with Crippen molar-refractivity contribution < 1.29 is 22.3 Å². The fourth-order valence-electron chi connectivity index (χ4n) is 2.41. The van der Waals surface area contributed by atoms with Crippen LogP contribution in [-0.2, 0) is 9.84 Å². The third-order valence-corrected chi connectivity index (χ3v) is 5.39. The molecule has 1 aliphatic heterocycles. The van der Waals surface area contributed by atoms with Crippen LogP contribution in [0.25, 0.3) is 0 Å². The van der Waals surface area contributed by atoms with Crippen molar-refractivity contribution in [3.63, 3.8) is 0 Å². The summed E-state index contributed by atoms with van der Waals surface area (Å²) in [5, 5.41) is 0. The number of halogens is 1. The van der Waals surface area contributed by atoms with Crippen molar-refractivity contribution in [1.82, 2.24) is 0 Å². The number of rotatable bonds is 3. The first-order chi connectivity index (χ1) is 10.5. The summed E-state index contributed by atoms with van der Waals surface area (Å²) in [4.78, 5) is 12.4. The van der Waals surface area contributed by atoms with E-state index in [0.29, 0.717) is 11.3 Å². The van der Waals surface area contributed by atoms with Gasteiger partial charge in [-0.25, -0.2) is 12.8 Å². The lowest BCUT2D eigenvalue weighted by atomic mass is 9.97. The van der Waals surface area contributed by atoms with Crippen molar-refractivity contribution in [2.24, 2.45) is 5.92 Å². The molecule has 1 heterocycles. The van der Waals surface area contributed by atoms with Gasteiger partial charge in [0.1, 0.15) is 11.6 Å². The molecule has 0 aliphatic carbocycles. The van der Waals surface area contributed by atoms with E-state index < -0.39 is 21.6 Å². The SMILES string of the molecule is O=C1c2ccccc2OC[C@@H]1CS(=O)(=O)c1ccc(F)cc1. The predicted molar refractivity (Wildman–Crippen MR) is 78.2 cm³/mol. The standard InChI is InChI=1S/C16H13FO4S/c17-12-5-7-13(8-6-12)22(19,20)10-11-9-21-15-4-2-1-3-14(15)16(11)18/h1-8,11H,9-10H2/t11-/m1/s1. The molecule has 0 saturated heterocycles. The molecular formula is C16H13FO4S. The zero-order chi connectivity index (χ0) is 15.7. The highest BCUT2D eigenvalue weighted by Crippen LogP contribution is 2.28. The number of carbonyl (C=O) groups excluding carboxylic acids is 1. The number of sulfone groups is 1. The lowest BCUT2D eigenvalue weighted by Crippen LogP contribution is -2.33. The third kappa shape index (κ3) is 2.74. The van der Waals surface area contributed by atoms with Crippen LogP contribution in [0.2, 0.25) is 0 Å². The highest BCUT2D eigenvalue weighted by molar-refractivity contribution is 7.91. The number of fused-ring (bicyclic) bond motifs is 1. The molecule has 0 amide bonds. The highest BCUT2D eigenvalue weighted by atomic mass is 32.2. The Labute approximate surface area is 127 Å². The van der Waals surface area contributed by atoms with E-state index in [1.54, 1.807) is 24.3 Å². The minimum absolute atomic E-state index is 0.000517. The fraction of sp³-hybridized carbons (Fsp3) is 0.188. The molecular weight excluding hydrogens is 307 g/mol. The molecule has 22 heavy (non-hydrogen) atoms. The fourth-order valence-corrected chi connectivity index (χ4v) is 3.93.